The first-order valence-corrected chi connectivity index (χ1v) is 11.4. The van der Waals surface area contributed by atoms with E-state index in [1.807, 2.05) is 68.9 Å². The van der Waals surface area contributed by atoms with Gasteiger partial charge in [-0.15, -0.1) is 0 Å². The molecule has 0 saturated heterocycles. The first kappa shape index (κ1) is 22.9. The van der Waals surface area contributed by atoms with Crippen LogP contribution in [0.15, 0.2) is 36.4 Å². The van der Waals surface area contributed by atoms with E-state index >= 15 is 0 Å². The molecule has 4 rings (SSSR count). The molecule has 0 atom stereocenters. The number of amides is 2. The van der Waals surface area contributed by atoms with Crippen molar-refractivity contribution in [2.24, 2.45) is 7.05 Å². The number of carbonyl (C=O) groups is 2. The Labute approximate surface area is 194 Å². The Morgan fingerprint density at radius 2 is 1.76 bits per heavy atom. The van der Waals surface area contributed by atoms with Gasteiger partial charge in [-0.05, 0) is 38.3 Å². The molecule has 176 valence electrons. The van der Waals surface area contributed by atoms with Crippen LogP contribution < -0.4 is 0 Å². The molecule has 0 radical (unpaired) electrons. The van der Waals surface area contributed by atoms with Gasteiger partial charge in [-0.1, -0.05) is 36.4 Å². The van der Waals surface area contributed by atoms with E-state index in [1.165, 1.54) is 0 Å². The van der Waals surface area contributed by atoms with Crippen LogP contribution in [0.25, 0.3) is 5.57 Å². The highest BCUT2D eigenvalue weighted by Crippen LogP contribution is 2.31. The van der Waals surface area contributed by atoms with Crippen molar-refractivity contribution in [1.29, 1.82) is 0 Å². The Bertz CT molecular complexity index is 1050. The number of rotatable bonds is 3. The molecule has 2 amide bonds. The van der Waals surface area contributed by atoms with Gasteiger partial charge < -0.3 is 19.3 Å². The number of carbonyl (C=O) groups excluding carboxylic acids is 2. The van der Waals surface area contributed by atoms with Crippen LogP contribution >= 0.6 is 0 Å². The van der Waals surface area contributed by atoms with E-state index in [9.17, 15) is 9.59 Å². The smallest absolute Gasteiger partial charge is 0.410 e. The zero-order chi connectivity index (χ0) is 23.6. The molecular formula is C25H32N4O4. The molecule has 0 fully saturated rings. The number of hydrogen-bond donors (Lipinski definition) is 0. The molecule has 0 spiro atoms. The van der Waals surface area contributed by atoms with E-state index in [4.69, 9.17) is 14.6 Å². The summed E-state index contributed by atoms with van der Waals surface area (Å²) in [5, 5.41) is 4.77. The minimum atomic E-state index is -0.528. The average Bonchev–Trinajstić information content (AvgIpc) is 3.13. The van der Waals surface area contributed by atoms with E-state index in [1.54, 1.807) is 9.80 Å². The molecule has 2 aliphatic rings. The Kier molecular flexibility index (Phi) is 6.44. The highest BCUT2D eigenvalue weighted by Gasteiger charge is 2.31. The SMILES string of the molecule is Cn1nc(C2=CCN(C(=O)OCc3ccccc3)CC2)c2c1CCN(C(=O)OC(C)(C)C)C2. The first-order valence-electron chi connectivity index (χ1n) is 11.4. The van der Waals surface area contributed by atoms with Crippen molar-refractivity contribution in [2.45, 2.75) is 52.4 Å². The molecule has 1 aromatic carbocycles. The predicted molar refractivity (Wildman–Crippen MR) is 124 cm³/mol. The van der Waals surface area contributed by atoms with Gasteiger partial charge >= 0.3 is 12.2 Å². The molecule has 0 unspecified atom stereocenters. The molecule has 3 heterocycles. The predicted octanol–water partition coefficient (Wildman–Crippen LogP) is 4.14. The van der Waals surface area contributed by atoms with E-state index in [2.05, 4.69) is 0 Å². The van der Waals surface area contributed by atoms with Crippen molar-refractivity contribution in [3.63, 3.8) is 0 Å². The summed E-state index contributed by atoms with van der Waals surface area (Å²) in [6, 6.07) is 9.66. The van der Waals surface area contributed by atoms with Crippen LogP contribution in [-0.2, 0) is 36.1 Å². The summed E-state index contributed by atoms with van der Waals surface area (Å²) in [6.45, 7) is 8.03. The van der Waals surface area contributed by atoms with Crippen molar-refractivity contribution < 1.29 is 19.1 Å². The number of aryl methyl sites for hydroxylation is 1. The van der Waals surface area contributed by atoms with Crippen molar-refractivity contribution in [2.75, 3.05) is 19.6 Å². The van der Waals surface area contributed by atoms with Gasteiger partial charge in [0, 0.05) is 44.4 Å². The maximum Gasteiger partial charge on any atom is 0.410 e. The summed E-state index contributed by atoms with van der Waals surface area (Å²) in [7, 11) is 1.95. The third-order valence-corrected chi connectivity index (χ3v) is 5.87. The fourth-order valence-electron chi connectivity index (χ4n) is 4.19. The highest BCUT2D eigenvalue weighted by molar-refractivity contribution is 5.74. The molecule has 8 nitrogen and oxygen atoms in total. The lowest BCUT2D eigenvalue weighted by Crippen LogP contribution is -2.40. The van der Waals surface area contributed by atoms with E-state index in [-0.39, 0.29) is 18.8 Å². The molecule has 2 aromatic rings. The minimum Gasteiger partial charge on any atom is -0.445 e. The second-order valence-electron chi connectivity index (χ2n) is 9.51. The van der Waals surface area contributed by atoms with Gasteiger partial charge in [0.05, 0.1) is 12.2 Å². The van der Waals surface area contributed by atoms with Crippen molar-refractivity contribution in [3.8, 4) is 0 Å². The lowest BCUT2D eigenvalue weighted by Gasteiger charge is -2.31. The van der Waals surface area contributed by atoms with Gasteiger partial charge in [-0.25, -0.2) is 9.59 Å². The van der Waals surface area contributed by atoms with Gasteiger partial charge in [-0.2, -0.15) is 5.10 Å². The summed E-state index contributed by atoms with van der Waals surface area (Å²) < 4.78 is 12.9. The minimum absolute atomic E-state index is 0.265. The number of ether oxygens (including phenoxy) is 2. The molecular weight excluding hydrogens is 420 g/mol. The van der Waals surface area contributed by atoms with Gasteiger partial charge in [0.25, 0.3) is 0 Å². The van der Waals surface area contributed by atoms with E-state index < -0.39 is 5.60 Å². The van der Waals surface area contributed by atoms with Crippen LogP contribution in [0, 0.1) is 0 Å². The van der Waals surface area contributed by atoms with Crippen LogP contribution in [0.3, 0.4) is 0 Å². The monoisotopic (exact) mass is 452 g/mol. The summed E-state index contributed by atoms with van der Waals surface area (Å²) >= 11 is 0. The van der Waals surface area contributed by atoms with E-state index in [0.29, 0.717) is 32.6 Å². The Morgan fingerprint density at radius 1 is 1.03 bits per heavy atom. The Morgan fingerprint density at radius 3 is 2.42 bits per heavy atom. The quantitative estimate of drug-likeness (QED) is 0.700. The largest absolute Gasteiger partial charge is 0.445 e. The molecule has 8 heteroatoms. The highest BCUT2D eigenvalue weighted by atomic mass is 16.6. The molecule has 33 heavy (non-hydrogen) atoms. The lowest BCUT2D eigenvalue weighted by atomic mass is 9.97. The van der Waals surface area contributed by atoms with Gasteiger partial charge in [-0.3, -0.25) is 4.68 Å². The third kappa shape index (κ3) is 5.38. The Hall–Kier alpha value is -3.29. The van der Waals surface area contributed by atoms with Crippen molar-refractivity contribution in [1.82, 2.24) is 19.6 Å². The summed E-state index contributed by atoms with van der Waals surface area (Å²) in [5.41, 5.74) is 4.67. The molecule has 0 bridgehead atoms. The number of nitrogens with zero attached hydrogens (tertiary/aromatic N) is 4. The third-order valence-electron chi connectivity index (χ3n) is 5.87. The molecule has 1 aromatic heterocycles. The zero-order valence-corrected chi connectivity index (χ0v) is 19.8. The van der Waals surface area contributed by atoms with Gasteiger partial charge in [0.1, 0.15) is 12.2 Å². The van der Waals surface area contributed by atoms with E-state index in [0.717, 1.165) is 34.5 Å². The topological polar surface area (TPSA) is 76.9 Å². The standard InChI is InChI=1S/C25H32N4O4/c1-25(2,3)33-24(31)29-15-12-21-20(16-29)22(26-27(21)4)19-10-13-28(14-11-19)23(30)32-17-18-8-6-5-7-9-18/h5-10H,11-17H2,1-4H3. The molecule has 0 saturated carbocycles. The van der Waals surface area contributed by atoms with Crippen LogP contribution in [0.5, 0.6) is 0 Å². The Balaban J connectivity index is 1.42. The van der Waals surface area contributed by atoms with Gasteiger partial charge in [0.2, 0.25) is 0 Å². The first-order chi connectivity index (χ1) is 15.7. The summed E-state index contributed by atoms with van der Waals surface area (Å²) in [5.74, 6) is 0. The number of aromatic nitrogens is 2. The van der Waals surface area contributed by atoms with Crippen LogP contribution in [0.2, 0.25) is 0 Å². The summed E-state index contributed by atoms with van der Waals surface area (Å²) in [6.07, 6.45) is 2.86. The maximum atomic E-state index is 12.6. The normalized spacial score (nSPS) is 16.2. The zero-order valence-electron chi connectivity index (χ0n) is 19.8. The average molecular weight is 453 g/mol. The molecule has 0 aliphatic carbocycles. The second-order valence-corrected chi connectivity index (χ2v) is 9.51. The fourth-order valence-corrected chi connectivity index (χ4v) is 4.19. The lowest BCUT2D eigenvalue weighted by molar-refractivity contribution is 0.0222. The van der Waals surface area contributed by atoms with Crippen molar-refractivity contribution in [3.05, 3.63) is 58.9 Å². The van der Waals surface area contributed by atoms with Crippen LogP contribution in [-0.4, -0.2) is 57.0 Å². The molecule has 2 aliphatic heterocycles. The molecule has 0 N–H and O–H groups in total. The number of fused-ring (bicyclic) bond motifs is 1. The van der Waals surface area contributed by atoms with Crippen LogP contribution in [0.4, 0.5) is 9.59 Å². The number of benzene rings is 1. The maximum absolute atomic E-state index is 12.6. The fraction of sp³-hybridized carbons (Fsp3) is 0.480. The summed E-state index contributed by atoms with van der Waals surface area (Å²) in [4.78, 5) is 28.5. The number of hydrogen-bond acceptors (Lipinski definition) is 5. The second kappa shape index (κ2) is 9.29. The van der Waals surface area contributed by atoms with Crippen molar-refractivity contribution >= 4 is 17.8 Å². The van der Waals surface area contributed by atoms with Gasteiger partial charge in [0.15, 0.2) is 0 Å². The van der Waals surface area contributed by atoms with Crippen LogP contribution in [0.1, 0.15) is 49.7 Å².